The van der Waals surface area contributed by atoms with E-state index in [1.165, 1.54) is 13.2 Å². The Balaban J connectivity index is 2.96. The molecular formula is C8H9NO3. The van der Waals surface area contributed by atoms with Gasteiger partial charge in [0.2, 0.25) is 0 Å². The highest BCUT2D eigenvalue weighted by atomic mass is 16.5. The maximum atomic E-state index is 9.91. The predicted molar refractivity (Wildman–Crippen MR) is 44.2 cm³/mol. The Morgan fingerprint density at radius 1 is 1.58 bits per heavy atom. The molecule has 0 saturated carbocycles. The van der Waals surface area contributed by atoms with Crippen molar-refractivity contribution < 1.29 is 9.84 Å². The lowest BCUT2D eigenvalue weighted by molar-refractivity contribution is 0.373. The molecule has 0 amide bonds. The topological polar surface area (TPSA) is 58.9 Å². The Kier molecular flexibility index (Phi) is 2.63. The summed E-state index contributed by atoms with van der Waals surface area (Å²) >= 11 is 0. The summed E-state index contributed by atoms with van der Waals surface area (Å²) in [7, 11) is 1.45. The SMILES string of the molecule is COc1cc(CN=O)ccc1O. The predicted octanol–water partition coefficient (Wildman–Crippen LogP) is 1.67. The van der Waals surface area contributed by atoms with Crippen molar-refractivity contribution in [2.45, 2.75) is 6.54 Å². The van der Waals surface area contributed by atoms with Gasteiger partial charge in [-0.2, -0.15) is 4.91 Å². The van der Waals surface area contributed by atoms with Crippen molar-refractivity contribution in [2.24, 2.45) is 5.18 Å². The van der Waals surface area contributed by atoms with Crippen LogP contribution in [0.4, 0.5) is 0 Å². The lowest BCUT2D eigenvalue weighted by atomic mass is 10.2. The van der Waals surface area contributed by atoms with Gasteiger partial charge in [0, 0.05) is 0 Å². The van der Waals surface area contributed by atoms with Crippen molar-refractivity contribution in [1.82, 2.24) is 0 Å². The molecule has 4 heteroatoms. The summed E-state index contributed by atoms with van der Waals surface area (Å²) in [6.07, 6.45) is 0. The molecule has 0 unspecified atom stereocenters. The van der Waals surface area contributed by atoms with E-state index in [2.05, 4.69) is 5.18 Å². The average Bonchev–Trinajstić information content (AvgIpc) is 2.09. The lowest BCUT2D eigenvalue weighted by Gasteiger charge is -2.03. The van der Waals surface area contributed by atoms with E-state index in [9.17, 15) is 4.91 Å². The van der Waals surface area contributed by atoms with Crippen LogP contribution < -0.4 is 4.74 Å². The molecule has 0 saturated heterocycles. The van der Waals surface area contributed by atoms with Crippen molar-refractivity contribution in [1.29, 1.82) is 0 Å². The number of hydrogen-bond donors (Lipinski definition) is 1. The van der Waals surface area contributed by atoms with Gasteiger partial charge in [-0.05, 0) is 17.7 Å². The van der Waals surface area contributed by atoms with Crippen LogP contribution in [0.1, 0.15) is 5.56 Å². The molecule has 0 aliphatic rings. The molecule has 0 heterocycles. The molecule has 12 heavy (non-hydrogen) atoms. The summed E-state index contributed by atoms with van der Waals surface area (Å²) in [5.41, 5.74) is 0.722. The number of nitrogens with zero attached hydrogens (tertiary/aromatic N) is 1. The van der Waals surface area contributed by atoms with E-state index in [4.69, 9.17) is 9.84 Å². The van der Waals surface area contributed by atoms with E-state index in [1.54, 1.807) is 12.1 Å². The third kappa shape index (κ3) is 1.72. The molecule has 0 aromatic heterocycles. The first-order valence-electron chi connectivity index (χ1n) is 3.43. The quantitative estimate of drug-likeness (QED) is 0.696. The van der Waals surface area contributed by atoms with Gasteiger partial charge in [0.15, 0.2) is 11.5 Å². The van der Waals surface area contributed by atoms with Crippen LogP contribution in [0.2, 0.25) is 0 Å². The Bertz CT molecular complexity index is 286. The summed E-state index contributed by atoms with van der Waals surface area (Å²) in [4.78, 5) is 9.91. The molecule has 64 valence electrons. The van der Waals surface area contributed by atoms with Crippen molar-refractivity contribution in [3.8, 4) is 11.5 Å². The van der Waals surface area contributed by atoms with Crippen molar-refractivity contribution >= 4 is 0 Å². The number of ether oxygens (including phenoxy) is 1. The minimum atomic E-state index is 0.0622. The van der Waals surface area contributed by atoms with Gasteiger partial charge in [-0.1, -0.05) is 11.2 Å². The van der Waals surface area contributed by atoms with Crippen LogP contribution >= 0.6 is 0 Å². The molecule has 0 aliphatic carbocycles. The maximum absolute atomic E-state index is 9.91. The second kappa shape index (κ2) is 3.71. The number of aromatic hydroxyl groups is 1. The van der Waals surface area contributed by atoms with Gasteiger partial charge in [-0.15, -0.1) is 0 Å². The summed E-state index contributed by atoms with van der Waals surface area (Å²) in [6, 6.07) is 4.68. The molecule has 4 nitrogen and oxygen atoms in total. The number of rotatable bonds is 3. The molecule has 0 radical (unpaired) electrons. The average molecular weight is 167 g/mol. The number of phenolic OH excluding ortho intramolecular Hbond substituents is 1. The van der Waals surface area contributed by atoms with Gasteiger partial charge in [-0.25, -0.2) is 0 Å². The van der Waals surface area contributed by atoms with E-state index in [0.29, 0.717) is 5.75 Å². The van der Waals surface area contributed by atoms with Gasteiger partial charge >= 0.3 is 0 Å². The second-order valence-corrected chi connectivity index (χ2v) is 2.29. The maximum Gasteiger partial charge on any atom is 0.160 e. The van der Waals surface area contributed by atoms with E-state index >= 15 is 0 Å². The first kappa shape index (κ1) is 8.52. The highest BCUT2D eigenvalue weighted by Crippen LogP contribution is 2.26. The monoisotopic (exact) mass is 167 g/mol. The summed E-state index contributed by atoms with van der Waals surface area (Å²) in [5, 5.41) is 11.9. The molecule has 1 rings (SSSR count). The van der Waals surface area contributed by atoms with E-state index in [0.717, 1.165) is 5.56 Å². The lowest BCUT2D eigenvalue weighted by Crippen LogP contribution is -1.86. The molecule has 1 aromatic carbocycles. The zero-order valence-corrected chi connectivity index (χ0v) is 6.65. The Morgan fingerprint density at radius 3 is 2.92 bits per heavy atom. The normalized spacial score (nSPS) is 9.42. The fourth-order valence-electron chi connectivity index (χ4n) is 0.895. The van der Waals surface area contributed by atoms with Crippen LogP contribution in [0.25, 0.3) is 0 Å². The molecule has 1 aromatic rings. The Morgan fingerprint density at radius 2 is 2.33 bits per heavy atom. The third-order valence-corrected chi connectivity index (χ3v) is 1.49. The molecule has 0 spiro atoms. The largest absolute Gasteiger partial charge is 0.504 e. The summed E-state index contributed by atoms with van der Waals surface area (Å²) < 4.78 is 4.84. The van der Waals surface area contributed by atoms with E-state index < -0.39 is 0 Å². The van der Waals surface area contributed by atoms with Crippen LogP contribution in [0.15, 0.2) is 23.4 Å². The van der Waals surface area contributed by atoms with Gasteiger partial charge in [0.1, 0.15) is 6.54 Å². The van der Waals surface area contributed by atoms with Gasteiger partial charge in [-0.3, -0.25) is 0 Å². The number of nitroso groups, excluding NO2 is 1. The molecular weight excluding hydrogens is 158 g/mol. The van der Waals surface area contributed by atoms with E-state index in [1.807, 2.05) is 0 Å². The van der Waals surface area contributed by atoms with Crippen molar-refractivity contribution in [3.05, 3.63) is 28.7 Å². The minimum Gasteiger partial charge on any atom is -0.504 e. The van der Waals surface area contributed by atoms with Crippen LogP contribution in [0, 0.1) is 4.91 Å². The van der Waals surface area contributed by atoms with Crippen molar-refractivity contribution in [3.63, 3.8) is 0 Å². The third-order valence-electron chi connectivity index (χ3n) is 1.49. The van der Waals surface area contributed by atoms with Crippen molar-refractivity contribution in [2.75, 3.05) is 7.11 Å². The van der Waals surface area contributed by atoms with Crippen LogP contribution in [0.3, 0.4) is 0 Å². The second-order valence-electron chi connectivity index (χ2n) is 2.29. The Labute approximate surface area is 69.8 Å². The molecule has 0 atom stereocenters. The molecule has 0 bridgehead atoms. The smallest absolute Gasteiger partial charge is 0.160 e. The Hall–Kier alpha value is -1.58. The first-order valence-corrected chi connectivity index (χ1v) is 3.43. The zero-order valence-electron chi connectivity index (χ0n) is 6.65. The minimum absolute atomic E-state index is 0.0622. The van der Waals surface area contributed by atoms with Crippen LogP contribution in [-0.2, 0) is 6.54 Å². The number of methoxy groups -OCH3 is 1. The summed E-state index contributed by atoms with van der Waals surface area (Å²) in [6.45, 7) is 0.0939. The molecule has 0 aliphatic heterocycles. The fraction of sp³-hybridized carbons (Fsp3) is 0.250. The first-order chi connectivity index (χ1) is 5.77. The highest BCUT2D eigenvalue weighted by Gasteiger charge is 2.01. The number of benzene rings is 1. The van der Waals surface area contributed by atoms with Crippen LogP contribution in [0.5, 0.6) is 11.5 Å². The van der Waals surface area contributed by atoms with Gasteiger partial charge in [0.25, 0.3) is 0 Å². The van der Waals surface area contributed by atoms with Gasteiger partial charge in [0.05, 0.1) is 7.11 Å². The highest BCUT2D eigenvalue weighted by molar-refractivity contribution is 5.41. The summed E-state index contributed by atoms with van der Waals surface area (Å²) in [5.74, 6) is 0.420. The fourth-order valence-corrected chi connectivity index (χ4v) is 0.895. The van der Waals surface area contributed by atoms with Crippen LogP contribution in [-0.4, -0.2) is 12.2 Å². The van der Waals surface area contributed by atoms with Gasteiger partial charge < -0.3 is 9.84 Å². The number of phenols is 1. The molecule has 1 N–H and O–H groups in total. The standard InChI is InChI=1S/C8H9NO3/c1-12-8-4-6(5-9-11)2-3-7(8)10/h2-4,10H,5H2,1H3. The molecule has 0 fully saturated rings. The zero-order chi connectivity index (χ0) is 8.97. The van der Waals surface area contributed by atoms with E-state index in [-0.39, 0.29) is 12.3 Å². The number of hydrogen-bond acceptors (Lipinski definition) is 4.